The van der Waals surface area contributed by atoms with Gasteiger partial charge in [0, 0.05) is 6.42 Å². The van der Waals surface area contributed by atoms with E-state index in [1.807, 2.05) is 0 Å². The molecule has 1 rings (SSSR count). The Kier molecular flexibility index (Phi) is 5.21. The molecule has 0 spiro atoms. The van der Waals surface area contributed by atoms with Crippen LogP contribution in [0.4, 0.5) is 23.2 Å². The van der Waals surface area contributed by atoms with Crippen molar-refractivity contribution in [2.45, 2.75) is 12.6 Å². The number of benzene rings is 1. The molecule has 0 saturated carbocycles. The molecule has 2 N–H and O–H groups in total. The van der Waals surface area contributed by atoms with Crippen molar-refractivity contribution in [1.29, 1.82) is 0 Å². The molecule has 0 radical (unpaired) electrons. The summed E-state index contributed by atoms with van der Waals surface area (Å²) in [6.45, 7) is -1.38. The molecule has 0 bridgehead atoms. The average Bonchev–Trinajstić information content (AvgIpc) is 2.25. The molecule has 18 heavy (non-hydrogen) atoms. The summed E-state index contributed by atoms with van der Waals surface area (Å²) in [7, 11) is 0. The maximum atomic E-state index is 13.2. The topological polar surface area (TPSA) is 44.5 Å². The lowest BCUT2D eigenvalue weighted by Crippen LogP contribution is -2.18. The normalized spacial score (nSPS) is 11.6. The molecule has 0 aliphatic rings. The Morgan fingerprint density at radius 2 is 1.89 bits per heavy atom. The maximum Gasteiger partial charge on any atom is 0.411 e. The predicted molar refractivity (Wildman–Crippen MR) is 57.8 cm³/mol. The van der Waals surface area contributed by atoms with Gasteiger partial charge >= 0.3 is 6.18 Å². The molecule has 1 aromatic carbocycles. The summed E-state index contributed by atoms with van der Waals surface area (Å²) >= 11 is 0. The summed E-state index contributed by atoms with van der Waals surface area (Å²) in [5.74, 6) is -0.695. The number of halogens is 4. The van der Waals surface area contributed by atoms with Crippen LogP contribution in [-0.2, 0) is 4.74 Å². The SMILES string of the molecule is Nc1cccc(F)c1OCCCOCC(F)(F)F. The zero-order valence-corrected chi connectivity index (χ0v) is 9.47. The molecule has 0 unspecified atom stereocenters. The second kappa shape index (κ2) is 6.44. The molecule has 0 aromatic heterocycles. The maximum absolute atomic E-state index is 13.2. The Balaban J connectivity index is 2.22. The van der Waals surface area contributed by atoms with Gasteiger partial charge in [-0.3, -0.25) is 0 Å². The summed E-state index contributed by atoms with van der Waals surface area (Å²) < 4.78 is 57.7. The summed E-state index contributed by atoms with van der Waals surface area (Å²) in [5.41, 5.74) is 5.62. The second-order valence-corrected chi connectivity index (χ2v) is 3.53. The third-order valence-corrected chi connectivity index (χ3v) is 1.94. The van der Waals surface area contributed by atoms with Crippen molar-refractivity contribution >= 4 is 5.69 Å². The monoisotopic (exact) mass is 267 g/mol. The van der Waals surface area contributed by atoms with Gasteiger partial charge < -0.3 is 15.2 Å². The number of rotatable bonds is 6. The molecular formula is C11H13F4NO2. The molecule has 102 valence electrons. The zero-order chi connectivity index (χ0) is 13.6. The fourth-order valence-corrected chi connectivity index (χ4v) is 1.20. The van der Waals surface area contributed by atoms with E-state index < -0.39 is 18.6 Å². The number of anilines is 1. The fourth-order valence-electron chi connectivity index (χ4n) is 1.20. The molecule has 0 amide bonds. The third kappa shape index (κ3) is 5.22. The van der Waals surface area contributed by atoms with Crippen molar-refractivity contribution in [1.82, 2.24) is 0 Å². The van der Waals surface area contributed by atoms with Gasteiger partial charge in [0.15, 0.2) is 11.6 Å². The van der Waals surface area contributed by atoms with Gasteiger partial charge in [-0.2, -0.15) is 13.2 Å². The van der Waals surface area contributed by atoms with E-state index in [1.165, 1.54) is 18.2 Å². The number of nitrogens with two attached hydrogens (primary N) is 1. The van der Waals surface area contributed by atoms with Crippen LogP contribution in [0.2, 0.25) is 0 Å². The Hall–Kier alpha value is -1.50. The lowest BCUT2D eigenvalue weighted by atomic mass is 10.3. The van der Waals surface area contributed by atoms with Crippen LogP contribution in [0.3, 0.4) is 0 Å². The molecule has 1 aromatic rings. The molecule has 0 heterocycles. The zero-order valence-electron chi connectivity index (χ0n) is 9.47. The van der Waals surface area contributed by atoms with Crippen LogP contribution in [-0.4, -0.2) is 26.0 Å². The molecule has 0 fully saturated rings. The Morgan fingerprint density at radius 3 is 2.50 bits per heavy atom. The smallest absolute Gasteiger partial charge is 0.411 e. The minimum absolute atomic E-state index is 0.0307. The summed E-state index contributed by atoms with van der Waals surface area (Å²) in [6.07, 6.45) is -4.12. The third-order valence-electron chi connectivity index (χ3n) is 1.94. The highest BCUT2D eigenvalue weighted by molar-refractivity contribution is 5.52. The van der Waals surface area contributed by atoms with Crippen LogP contribution in [0.15, 0.2) is 18.2 Å². The lowest BCUT2D eigenvalue weighted by molar-refractivity contribution is -0.174. The van der Waals surface area contributed by atoms with Gasteiger partial charge in [-0.1, -0.05) is 6.07 Å². The molecule has 0 saturated heterocycles. The summed E-state index contributed by atoms with van der Waals surface area (Å²) in [4.78, 5) is 0. The first-order valence-corrected chi connectivity index (χ1v) is 5.21. The van der Waals surface area contributed by atoms with Crippen molar-refractivity contribution in [3.63, 3.8) is 0 Å². The fraction of sp³-hybridized carbons (Fsp3) is 0.455. The van der Waals surface area contributed by atoms with Crippen LogP contribution in [0, 0.1) is 5.82 Å². The first-order chi connectivity index (χ1) is 8.40. The minimum atomic E-state index is -4.34. The van der Waals surface area contributed by atoms with Crippen molar-refractivity contribution < 1.29 is 27.0 Å². The van der Waals surface area contributed by atoms with E-state index in [0.717, 1.165) is 0 Å². The van der Waals surface area contributed by atoms with E-state index in [4.69, 9.17) is 10.5 Å². The number of ether oxygens (including phenoxy) is 2. The minimum Gasteiger partial charge on any atom is -0.488 e. The molecular weight excluding hydrogens is 254 g/mol. The van der Waals surface area contributed by atoms with Gasteiger partial charge in [0.05, 0.1) is 18.9 Å². The van der Waals surface area contributed by atoms with Gasteiger partial charge in [-0.15, -0.1) is 0 Å². The number of para-hydroxylation sites is 1. The van der Waals surface area contributed by atoms with Crippen LogP contribution >= 0.6 is 0 Å². The average molecular weight is 267 g/mol. The standard InChI is InChI=1S/C11H13F4NO2/c12-8-3-1-4-9(16)10(8)18-6-2-5-17-7-11(13,14)15/h1,3-4H,2,5-7,16H2. The van der Waals surface area contributed by atoms with E-state index in [9.17, 15) is 17.6 Å². The lowest BCUT2D eigenvalue weighted by Gasteiger charge is -2.10. The molecule has 3 nitrogen and oxygen atoms in total. The predicted octanol–water partition coefficient (Wildman–Crippen LogP) is 2.76. The van der Waals surface area contributed by atoms with Gasteiger partial charge in [0.25, 0.3) is 0 Å². The van der Waals surface area contributed by atoms with Crippen LogP contribution in [0.25, 0.3) is 0 Å². The van der Waals surface area contributed by atoms with E-state index in [2.05, 4.69) is 4.74 Å². The molecule has 7 heteroatoms. The quantitative estimate of drug-likeness (QED) is 0.489. The Morgan fingerprint density at radius 1 is 1.17 bits per heavy atom. The van der Waals surface area contributed by atoms with Crippen LogP contribution in [0.1, 0.15) is 6.42 Å². The molecule has 0 aliphatic heterocycles. The van der Waals surface area contributed by atoms with E-state index in [-0.39, 0.29) is 31.1 Å². The first kappa shape index (κ1) is 14.6. The van der Waals surface area contributed by atoms with Crippen molar-refractivity contribution in [2.75, 3.05) is 25.6 Å². The van der Waals surface area contributed by atoms with E-state index >= 15 is 0 Å². The van der Waals surface area contributed by atoms with Crippen molar-refractivity contribution in [2.24, 2.45) is 0 Å². The van der Waals surface area contributed by atoms with Crippen molar-refractivity contribution in [3.05, 3.63) is 24.0 Å². The highest BCUT2D eigenvalue weighted by Crippen LogP contribution is 2.24. The summed E-state index contributed by atoms with van der Waals surface area (Å²) in [6, 6.07) is 4.09. The van der Waals surface area contributed by atoms with Crippen LogP contribution < -0.4 is 10.5 Å². The van der Waals surface area contributed by atoms with Gasteiger partial charge in [-0.05, 0) is 12.1 Å². The highest BCUT2D eigenvalue weighted by Gasteiger charge is 2.27. The largest absolute Gasteiger partial charge is 0.488 e. The van der Waals surface area contributed by atoms with Gasteiger partial charge in [-0.25, -0.2) is 4.39 Å². The Bertz CT molecular complexity index is 362. The highest BCUT2D eigenvalue weighted by atomic mass is 19.4. The number of nitrogen functional groups attached to an aromatic ring is 1. The van der Waals surface area contributed by atoms with Gasteiger partial charge in [0.1, 0.15) is 6.61 Å². The molecule has 0 aliphatic carbocycles. The van der Waals surface area contributed by atoms with Crippen LogP contribution in [0.5, 0.6) is 5.75 Å². The first-order valence-electron chi connectivity index (χ1n) is 5.21. The number of alkyl halides is 3. The number of hydrogen-bond acceptors (Lipinski definition) is 3. The number of hydrogen-bond donors (Lipinski definition) is 1. The van der Waals surface area contributed by atoms with E-state index in [1.54, 1.807) is 0 Å². The molecule has 0 atom stereocenters. The Labute approximate surface area is 101 Å². The summed E-state index contributed by atoms with van der Waals surface area (Å²) in [5, 5.41) is 0. The van der Waals surface area contributed by atoms with Crippen molar-refractivity contribution in [3.8, 4) is 5.75 Å². The van der Waals surface area contributed by atoms with Gasteiger partial charge in [0.2, 0.25) is 0 Å². The second-order valence-electron chi connectivity index (χ2n) is 3.53. The van der Waals surface area contributed by atoms with E-state index in [0.29, 0.717) is 0 Å².